The van der Waals surface area contributed by atoms with Crippen molar-refractivity contribution in [1.82, 2.24) is 20.4 Å². The quantitative estimate of drug-likeness (QED) is 0.204. The van der Waals surface area contributed by atoms with Gasteiger partial charge in [0.2, 0.25) is 5.96 Å². The summed E-state index contributed by atoms with van der Waals surface area (Å²) in [4.78, 5) is 6.51. The highest BCUT2D eigenvalue weighted by molar-refractivity contribution is 6.31. The van der Waals surface area contributed by atoms with Crippen LogP contribution < -0.4 is 10.6 Å². The number of aliphatic hydroxyl groups is 2. The van der Waals surface area contributed by atoms with Crippen LogP contribution in [0.3, 0.4) is 0 Å². The minimum absolute atomic E-state index is 0.0919. The van der Waals surface area contributed by atoms with Gasteiger partial charge in [-0.25, -0.2) is 13.8 Å². The second-order valence-corrected chi connectivity index (χ2v) is 13.5. The third kappa shape index (κ3) is 5.29. The van der Waals surface area contributed by atoms with Gasteiger partial charge in [0, 0.05) is 44.4 Å². The molecule has 2 fully saturated rings. The van der Waals surface area contributed by atoms with Gasteiger partial charge in [-0.05, 0) is 68.8 Å². The van der Waals surface area contributed by atoms with Crippen LogP contribution in [0.5, 0.6) is 0 Å². The van der Waals surface area contributed by atoms with Crippen molar-refractivity contribution in [3.63, 3.8) is 0 Å². The third-order valence-electron chi connectivity index (χ3n) is 9.45. The van der Waals surface area contributed by atoms with Gasteiger partial charge in [0.05, 0.1) is 34.6 Å². The fourth-order valence-corrected chi connectivity index (χ4v) is 6.85. The van der Waals surface area contributed by atoms with E-state index < -0.39 is 63.7 Å². The molecule has 49 heavy (non-hydrogen) atoms. The van der Waals surface area contributed by atoms with E-state index in [0.717, 1.165) is 28.9 Å². The molecule has 0 saturated carbocycles. The molecule has 0 bridgehead atoms. The zero-order valence-corrected chi connectivity index (χ0v) is 27.1. The van der Waals surface area contributed by atoms with Crippen molar-refractivity contribution in [3.8, 4) is 0 Å². The lowest BCUT2D eigenvalue weighted by Crippen LogP contribution is -2.63. The molecule has 7 nitrogen and oxygen atoms in total. The molecule has 1 aliphatic carbocycles. The highest BCUT2D eigenvalue weighted by atomic mass is 35.5. The van der Waals surface area contributed by atoms with E-state index in [9.17, 15) is 32.2 Å². The van der Waals surface area contributed by atoms with Crippen molar-refractivity contribution >= 4 is 46.8 Å². The first-order valence-electron chi connectivity index (χ1n) is 14.8. The van der Waals surface area contributed by atoms with E-state index >= 15 is 4.39 Å². The van der Waals surface area contributed by atoms with Gasteiger partial charge in [-0.15, -0.1) is 0 Å². The van der Waals surface area contributed by atoms with Gasteiger partial charge < -0.3 is 25.7 Å². The molecule has 4 aliphatic rings. The molecule has 2 aromatic rings. The van der Waals surface area contributed by atoms with Crippen LogP contribution in [0.1, 0.15) is 43.5 Å². The van der Waals surface area contributed by atoms with Gasteiger partial charge >= 0.3 is 6.18 Å². The molecule has 4 N–H and O–H groups in total. The lowest BCUT2D eigenvalue weighted by Gasteiger charge is -2.46. The fourth-order valence-electron chi connectivity index (χ4n) is 6.63. The zero-order chi connectivity index (χ0) is 36.4. The van der Waals surface area contributed by atoms with Gasteiger partial charge in [0.25, 0.3) is 5.91 Å². The van der Waals surface area contributed by atoms with Crippen molar-refractivity contribution in [2.75, 3.05) is 0 Å². The van der Waals surface area contributed by atoms with E-state index in [1.54, 1.807) is 0 Å². The smallest absolute Gasteiger partial charge is 0.378 e. The Morgan fingerprint density at radius 1 is 1.08 bits per heavy atom. The van der Waals surface area contributed by atoms with Crippen LogP contribution in [-0.2, 0) is 6.18 Å². The molecule has 3 aliphatic heterocycles. The monoisotopic (exact) mass is 695 g/mol. The van der Waals surface area contributed by atoms with E-state index in [2.05, 4.69) is 28.8 Å². The van der Waals surface area contributed by atoms with Crippen LogP contribution in [0.2, 0.25) is 5.02 Å². The largest absolute Gasteiger partial charge is 0.416 e. The molecule has 6 rings (SSSR count). The molecule has 6 radical (unpaired) electrons. The summed E-state index contributed by atoms with van der Waals surface area (Å²) >= 11 is 6.53. The van der Waals surface area contributed by atoms with Crippen molar-refractivity contribution < 1.29 is 36.6 Å². The van der Waals surface area contributed by atoms with E-state index in [0.29, 0.717) is 17.7 Å². The summed E-state index contributed by atoms with van der Waals surface area (Å²) in [5.74, 6) is -5.98. The van der Waals surface area contributed by atoms with Crippen molar-refractivity contribution in [2.45, 2.75) is 61.4 Å². The molecule has 0 spiro atoms. The Morgan fingerprint density at radius 3 is 2.35 bits per heavy atom. The van der Waals surface area contributed by atoms with Gasteiger partial charge in [-0.3, -0.25) is 9.29 Å². The number of nitrogens with zero attached hydrogens (tertiary/aromatic N) is 3. The normalized spacial score (nSPS) is 28.2. The number of rotatable bonds is 6. The second-order valence-electron chi connectivity index (χ2n) is 13.1. The van der Waals surface area contributed by atoms with Gasteiger partial charge in [-0.1, -0.05) is 24.8 Å². The number of allylic oxidation sites excluding steroid dienone is 1. The SMILES string of the molecule is [B]C(C)(F)C([B])(C)N1C2=CC(NC(=C)c3cc(F)cc(C(F)(F)F)c3)=C3C(c4cc(F)ccc4Cl)NC(=C)C3C2N2C1=NC([B])(C)C2(O)O. The van der Waals surface area contributed by atoms with Crippen LogP contribution in [0.4, 0.5) is 26.3 Å². The third-order valence-corrected chi connectivity index (χ3v) is 9.80. The fraction of sp³-hybridized carbons (Fsp3) is 0.344. The van der Waals surface area contributed by atoms with E-state index in [-0.39, 0.29) is 44.9 Å². The number of fused-ring (bicyclic) bond motifs is 5. The van der Waals surface area contributed by atoms with Crippen molar-refractivity contribution in [3.05, 3.63) is 112 Å². The van der Waals surface area contributed by atoms with Crippen LogP contribution >= 0.6 is 11.6 Å². The zero-order valence-electron chi connectivity index (χ0n) is 26.3. The number of aliphatic imine (C=N–C) groups is 1. The highest BCUT2D eigenvalue weighted by Crippen LogP contribution is 2.56. The number of hydrogen-bond donors (Lipinski definition) is 4. The molecule has 250 valence electrons. The van der Waals surface area contributed by atoms with Crippen molar-refractivity contribution in [2.24, 2.45) is 10.9 Å². The summed E-state index contributed by atoms with van der Waals surface area (Å²) in [6, 6.07) is 3.37. The Bertz CT molecular complexity index is 1910. The van der Waals surface area contributed by atoms with Gasteiger partial charge in [0.1, 0.15) is 35.2 Å². The van der Waals surface area contributed by atoms with Gasteiger partial charge in [0.15, 0.2) is 0 Å². The molecule has 6 atom stereocenters. The summed E-state index contributed by atoms with van der Waals surface area (Å²) < 4.78 is 85.6. The molecule has 2 saturated heterocycles. The standard InChI is InChI=1S/C32H27B3ClF6N5O2/c1-13(15-8-16(31(40,41)42)10-18(38)9-15)43-21-12-22-26(23-14(2)44-25(24(21)23)19-11-17(37)6-7-20(19)36)47-27(45-29(4,34)32(47,48)49)46(22)30(5,35)28(3,33)39/h6-12,23,25-26,43-44,48-49H,1-2H2,3-5H3. The van der Waals surface area contributed by atoms with Crippen LogP contribution in [0.15, 0.2) is 83.3 Å². The lowest BCUT2D eigenvalue weighted by molar-refractivity contribution is -0.256. The molecule has 3 heterocycles. The molecular formula is C32H27B3ClF6N5O2. The number of halogens is 7. The molecular weight excluding hydrogens is 668 g/mol. The number of benzene rings is 2. The topological polar surface area (TPSA) is 83.4 Å². The maximum Gasteiger partial charge on any atom is 0.416 e. The maximum absolute atomic E-state index is 15.7. The van der Waals surface area contributed by atoms with E-state index in [1.807, 2.05) is 0 Å². The summed E-state index contributed by atoms with van der Waals surface area (Å²) in [7, 11) is 18.7. The summed E-state index contributed by atoms with van der Waals surface area (Å²) in [5, 5.41) is 29.2. The Balaban J connectivity index is 1.61. The Labute approximate surface area is 287 Å². The van der Waals surface area contributed by atoms with Crippen LogP contribution in [0.25, 0.3) is 5.70 Å². The number of hydrogen-bond acceptors (Lipinski definition) is 7. The maximum atomic E-state index is 15.7. The lowest BCUT2D eigenvalue weighted by atomic mass is 9.58. The predicted molar refractivity (Wildman–Crippen MR) is 174 cm³/mol. The first kappa shape index (κ1) is 35.1. The first-order chi connectivity index (χ1) is 22.4. The molecule has 0 amide bonds. The average Bonchev–Trinajstić information content (AvgIpc) is 3.53. The average molecular weight is 695 g/mol. The predicted octanol–water partition coefficient (Wildman–Crippen LogP) is 4.44. The highest BCUT2D eigenvalue weighted by Gasteiger charge is 2.67. The summed E-state index contributed by atoms with van der Waals surface area (Å²) in [6.45, 7) is 11.5. The molecule has 6 unspecified atom stereocenters. The van der Waals surface area contributed by atoms with E-state index in [4.69, 9.17) is 35.1 Å². The van der Waals surface area contributed by atoms with E-state index in [1.165, 1.54) is 32.1 Å². The number of alkyl halides is 4. The second kappa shape index (κ2) is 10.9. The minimum atomic E-state index is -4.88. The summed E-state index contributed by atoms with van der Waals surface area (Å²) in [6.07, 6.45) is -3.47. The first-order valence-corrected chi connectivity index (χ1v) is 15.2. The Kier molecular flexibility index (Phi) is 7.79. The number of nitrogens with one attached hydrogen (secondary N) is 2. The van der Waals surface area contributed by atoms with Gasteiger partial charge in [-0.2, -0.15) is 13.2 Å². The molecule has 17 heteroatoms. The van der Waals surface area contributed by atoms with Crippen LogP contribution in [0, 0.1) is 17.6 Å². The number of guanidine groups is 1. The summed E-state index contributed by atoms with van der Waals surface area (Å²) in [5.41, 5.74) is -7.62. The van der Waals surface area contributed by atoms with Crippen molar-refractivity contribution in [1.29, 1.82) is 0 Å². The molecule has 2 aromatic carbocycles. The Morgan fingerprint density at radius 2 is 1.73 bits per heavy atom. The van der Waals surface area contributed by atoms with Crippen LogP contribution in [-0.4, -0.2) is 77.9 Å². The Hall–Kier alpha value is -3.75. The minimum Gasteiger partial charge on any atom is -0.378 e. The molecule has 0 aromatic heterocycles.